The first kappa shape index (κ1) is 22.7. The molecular weight excluding hydrogens is 438 g/mol. The summed E-state index contributed by atoms with van der Waals surface area (Å²) in [6.07, 6.45) is 1.10. The first-order valence-corrected chi connectivity index (χ1v) is 11.2. The fourth-order valence-electron chi connectivity index (χ4n) is 3.97. The minimum absolute atomic E-state index is 0.104. The molecule has 1 aliphatic rings. The lowest BCUT2D eigenvalue weighted by atomic mass is 10.1. The molecule has 0 atom stereocenters. The SMILES string of the molecule is COc1ccc(NC(=O)Cc2ccccc2)cc1N1CCCN(Cc2cccc(Cl)c2)C1=O. The maximum Gasteiger partial charge on any atom is 0.324 e. The molecule has 1 heterocycles. The van der Waals surface area contributed by atoms with E-state index < -0.39 is 0 Å². The summed E-state index contributed by atoms with van der Waals surface area (Å²) >= 11 is 6.11. The molecule has 1 fully saturated rings. The molecule has 0 bridgehead atoms. The zero-order valence-electron chi connectivity index (χ0n) is 18.5. The number of nitrogens with one attached hydrogen (secondary N) is 1. The van der Waals surface area contributed by atoms with Gasteiger partial charge in [-0.1, -0.05) is 54.1 Å². The number of carbonyl (C=O) groups is 2. The van der Waals surface area contributed by atoms with E-state index in [2.05, 4.69) is 5.32 Å². The molecule has 0 spiro atoms. The molecule has 0 aliphatic carbocycles. The van der Waals surface area contributed by atoms with E-state index in [1.54, 1.807) is 35.1 Å². The first-order chi connectivity index (χ1) is 16.0. The van der Waals surface area contributed by atoms with E-state index in [0.29, 0.717) is 41.8 Å². The number of urea groups is 1. The highest BCUT2D eigenvalue weighted by atomic mass is 35.5. The molecule has 0 aromatic heterocycles. The zero-order chi connectivity index (χ0) is 23.2. The molecule has 1 aliphatic heterocycles. The lowest BCUT2D eigenvalue weighted by molar-refractivity contribution is -0.115. The fourth-order valence-corrected chi connectivity index (χ4v) is 4.19. The van der Waals surface area contributed by atoms with Crippen molar-refractivity contribution in [3.63, 3.8) is 0 Å². The number of methoxy groups -OCH3 is 1. The minimum Gasteiger partial charge on any atom is -0.495 e. The van der Waals surface area contributed by atoms with Gasteiger partial charge < -0.3 is 15.0 Å². The van der Waals surface area contributed by atoms with E-state index in [1.807, 2.05) is 54.6 Å². The van der Waals surface area contributed by atoms with E-state index >= 15 is 0 Å². The van der Waals surface area contributed by atoms with Crippen LogP contribution < -0.4 is 15.0 Å². The van der Waals surface area contributed by atoms with Crippen LogP contribution >= 0.6 is 11.6 Å². The van der Waals surface area contributed by atoms with Gasteiger partial charge in [-0.15, -0.1) is 0 Å². The molecule has 4 rings (SSSR count). The highest BCUT2D eigenvalue weighted by molar-refractivity contribution is 6.30. The molecule has 33 heavy (non-hydrogen) atoms. The van der Waals surface area contributed by atoms with Gasteiger partial charge in [0.25, 0.3) is 0 Å². The van der Waals surface area contributed by atoms with Crippen molar-refractivity contribution in [2.75, 3.05) is 30.4 Å². The van der Waals surface area contributed by atoms with Crippen molar-refractivity contribution in [2.45, 2.75) is 19.4 Å². The van der Waals surface area contributed by atoms with Crippen molar-refractivity contribution in [1.29, 1.82) is 0 Å². The average molecular weight is 464 g/mol. The number of rotatable bonds is 7. The third kappa shape index (κ3) is 5.65. The largest absolute Gasteiger partial charge is 0.495 e. The fraction of sp³-hybridized carbons (Fsp3) is 0.231. The number of hydrogen-bond donors (Lipinski definition) is 1. The molecule has 3 aromatic carbocycles. The van der Waals surface area contributed by atoms with E-state index in [0.717, 1.165) is 17.5 Å². The second-order valence-corrected chi connectivity index (χ2v) is 8.37. The van der Waals surface area contributed by atoms with Gasteiger partial charge >= 0.3 is 6.03 Å². The zero-order valence-corrected chi connectivity index (χ0v) is 19.2. The highest BCUT2D eigenvalue weighted by Gasteiger charge is 2.29. The van der Waals surface area contributed by atoms with Crippen LogP contribution in [0.15, 0.2) is 72.8 Å². The second kappa shape index (κ2) is 10.4. The molecular formula is C26H26ClN3O3. The van der Waals surface area contributed by atoms with Gasteiger partial charge in [0.2, 0.25) is 5.91 Å². The van der Waals surface area contributed by atoms with Crippen molar-refractivity contribution < 1.29 is 14.3 Å². The summed E-state index contributed by atoms with van der Waals surface area (Å²) in [7, 11) is 1.57. The minimum atomic E-state index is -0.120. The second-order valence-electron chi connectivity index (χ2n) is 7.94. The summed E-state index contributed by atoms with van der Waals surface area (Å²) in [5, 5.41) is 3.58. The maximum atomic E-state index is 13.3. The predicted octanol–water partition coefficient (Wildman–Crippen LogP) is 5.36. The monoisotopic (exact) mass is 463 g/mol. The van der Waals surface area contributed by atoms with Crippen molar-refractivity contribution in [2.24, 2.45) is 0 Å². The van der Waals surface area contributed by atoms with Crippen molar-refractivity contribution in [1.82, 2.24) is 4.90 Å². The summed E-state index contributed by atoms with van der Waals surface area (Å²) < 4.78 is 5.53. The molecule has 0 radical (unpaired) electrons. The first-order valence-electron chi connectivity index (χ1n) is 10.9. The molecule has 1 saturated heterocycles. The summed E-state index contributed by atoms with van der Waals surface area (Å²) in [5.41, 5.74) is 3.17. The van der Waals surface area contributed by atoms with Gasteiger partial charge in [0.15, 0.2) is 0 Å². The van der Waals surface area contributed by atoms with Gasteiger partial charge in [0, 0.05) is 30.3 Å². The highest BCUT2D eigenvalue weighted by Crippen LogP contribution is 2.34. The molecule has 3 aromatic rings. The van der Waals surface area contributed by atoms with Crippen LogP contribution in [0, 0.1) is 0 Å². The molecule has 3 amide bonds. The lowest BCUT2D eigenvalue weighted by Crippen LogP contribution is -2.49. The van der Waals surface area contributed by atoms with E-state index in [1.165, 1.54) is 0 Å². The average Bonchev–Trinajstić information content (AvgIpc) is 2.81. The number of benzene rings is 3. The Morgan fingerprint density at radius 2 is 1.79 bits per heavy atom. The third-order valence-electron chi connectivity index (χ3n) is 5.53. The standard InChI is InChI=1S/C26H26ClN3O3/c1-33-24-12-11-22(28-25(31)16-19-7-3-2-4-8-19)17-23(24)30-14-6-13-29(26(30)32)18-20-9-5-10-21(27)15-20/h2-5,7-12,15,17H,6,13-14,16,18H2,1H3,(H,28,31). The molecule has 1 N–H and O–H groups in total. The Morgan fingerprint density at radius 3 is 2.55 bits per heavy atom. The topological polar surface area (TPSA) is 61.9 Å². The Bertz CT molecular complexity index is 1140. The van der Waals surface area contributed by atoms with Gasteiger partial charge in [-0.05, 0) is 47.9 Å². The Labute approximate surface area is 198 Å². The summed E-state index contributed by atoms with van der Waals surface area (Å²) in [6, 6.07) is 22.3. The number of amides is 3. The van der Waals surface area contributed by atoms with Crippen molar-refractivity contribution >= 4 is 34.9 Å². The van der Waals surface area contributed by atoms with Crippen molar-refractivity contribution in [3.8, 4) is 5.75 Å². The van der Waals surface area contributed by atoms with Gasteiger partial charge in [0.05, 0.1) is 19.2 Å². The van der Waals surface area contributed by atoms with E-state index in [4.69, 9.17) is 16.3 Å². The van der Waals surface area contributed by atoms with Gasteiger partial charge in [0.1, 0.15) is 5.75 Å². The lowest BCUT2D eigenvalue weighted by Gasteiger charge is -2.36. The number of ether oxygens (including phenoxy) is 1. The van der Waals surface area contributed by atoms with Crippen LogP contribution in [0.1, 0.15) is 17.5 Å². The quantitative estimate of drug-likeness (QED) is 0.513. The third-order valence-corrected chi connectivity index (χ3v) is 5.77. The Hall–Kier alpha value is -3.51. The number of carbonyl (C=O) groups excluding carboxylic acids is 2. The van der Waals surface area contributed by atoms with E-state index in [-0.39, 0.29) is 18.4 Å². The van der Waals surface area contributed by atoms with Gasteiger partial charge in [-0.3, -0.25) is 9.69 Å². The summed E-state index contributed by atoms with van der Waals surface area (Å²) in [4.78, 5) is 29.4. The Balaban J connectivity index is 1.51. The molecule has 0 saturated carbocycles. The predicted molar refractivity (Wildman–Crippen MR) is 131 cm³/mol. The van der Waals surface area contributed by atoms with Gasteiger partial charge in [-0.25, -0.2) is 4.79 Å². The number of halogens is 1. The molecule has 170 valence electrons. The van der Waals surface area contributed by atoms with Crippen molar-refractivity contribution in [3.05, 3.63) is 88.9 Å². The van der Waals surface area contributed by atoms with E-state index in [9.17, 15) is 9.59 Å². The Kier molecular flexibility index (Phi) is 7.15. The van der Waals surface area contributed by atoms with Crippen LogP contribution in [-0.4, -0.2) is 37.0 Å². The van der Waals surface area contributed by atoms with Crippen LogP contribution in [-0.2, 0) is 17.8 Å². The molecule has 7 heteroatoms. The van der Waals surface area contributed by atoms with Gasteiger partial charge in [-0.2, -0.15) is 0 Å². The Morgan fingerprint density at radius 1 is 1.00 bits per heavy atom. The molecule has 0 unspecified atom stereocenters. The van der Waals surface area contributed by atoms with Crippen LogP contribution in [0.4, 0.5) is 16.2 Å². The van der Waals surface area contributed by atoms with Crippen LogP contribution in [0.5, 0.6) is 5.75 Å². The normalized spacial score (nSPS) is 13.7. The van der Waals surface area contributed by atoms with Crippen LogP contribution in [0.3, 0.4) is 0 Å². The summed E-state index contributed by atoms with van der Waals surface area (Å²) in [5.74, 6) is 0.457. The smallest absolute Gasteiger partial charge is 0.324 e. The summed E-state index contributed by atoms with van der Waals surface area (Å²) in [6.45, 7) is 1.71. The molecule has 6 nitrogen and oxygen atoms in total. The number of nitrogens with zero attached hydrogens (tertiary/aromatic N) is 2. The number of anilines is 2. The maximum absolute atomic E-state index is 13.3. The van der Waals surface area contributed by atoms with Crippen LogP contribution in [0.2, 0.25) is 5.02 Å². The number of hydrogen-bond acceptors (Lipinski definition) is 3. The van der Waals surface area contributed by atoms with Crippen LogP contribution in [0.25, 0.3) is 0 Å².